The minimum Gasteiger partial charge on any atom is -0.480 e. The number of pyridine rings is 1. The first kappa shape index (κ1) is 19.6. The molecule has 144 valence electrons. The molecule has 2 aromatic rings. The van der Waals surface area contributed by atoms with Gasteiger partial charge in [-0.05, 0) is 42.5 Å². The van der Waals surface area contributed by atoms with Crippen molar-refractivity contribution in [2.24, 2.45) is 0 Å². The Hall–Kier alpha value is -3.13. The number of benzene rings is 1. The fourth-order valence-electron chi connectivity index (χ4n) is 2.61. The van der Waals surface area contributed by atoms with E-state index in [2.05, 4.69) is 10.3 Å². The molecule has 1 aliphatic rings. The van der Waals surface area contributed by atoms with Crippen LogP contribution in [0.3, 0.4) is 0 Å². The van der Waals surface area contributed by atoms with Crippen LogP contribution in [0, 0.1) is 6.92 Å². The van der Waals surface area contributed by atoms with Gasteiger partial charge in [0.2, 0.25) is 5.88 Å². The van der Waals surface area contributed by atoms with Crippen LogP contribution in [0.4, 0.5) is 4.79 Å². The maximum absolute atomic E-state index is 12.5. The first-order chi connectivity index (χ1) is 13.5. The van der Waals surface area contributed by atoms with Crippen molar-refractivity contribution in [2.45, 2.75) is 6.92 Å². The monoisotopic (exact) mass is 397 g/mol. The maximum Gasteiger partial charge on any atom is 0.293 e. The Morgan fingerprint density at radius 1 is 1.25 bits per heavy atom. The molecule has 0 bridgehead atoms. The Morgan fingerprint density at radius 2 is 2.00 bits per heavy atom. The summed E-state index contributed by atoms with van der Waals surface area (Å²) >= 11 is 0.898. The Bertz CT molecular complexity index is 941. The van der Waals surface area contributed by atoms with Gasteiger partial charge in [0.15, 0.2) is 0 Å². The summed E-state index contributed by atoms with van der Waals surface area (Å²) in [5.41, 5.74) is 2.26. The molecule has 7 nitrogen and oxygen atoms in total. The van der Waals surface area contributed by atoms with Gasteiger partial charge in [0.05, 0.1) is 12.0 Å². The molecular formula is C20H19N3O4S. The van der Waals surface area contributed by atoms with E-state index in [9.17, 15) is 14.4 Å². The molecule has 28 heavy (non-hydrogen) atoms. The molecule has 0 spiro atoms. The van der Waals surface area contributed by atoms with E-state index in [-0.39, 0.29) is 36.0 Å². The summed E-state index contributed by atoms with van der Waals surface area (Å²) in [5.74, 6) is -0.525. The second-order valence-electron chi connectivity index (χ2n) is 6.06. The fourth-order valence-corrected chi connectivity index (χ4v) is 3.47. The number of rotatable bonds is 6. The zero-order valence-electron chi connectivity index (χ0n) is 15.5. The van der Waals surface area contributed by atoms with Crippen molar-refractivity contribution in [3.05, 3.63) is 64.2 Å². The topological polar surface area (TPSA) is 88.6 Å². The third-order valence-electron chi connectivity index (χ3n) is 4.08. The van der Waals surface area contributed by atoms with Gasteiger partial charge in [0.25, 0.3) is 17.1 Å². The highest BCUT2D eigenvalue weighted by Gasteiger charge is 2.34. The third-order valence-corrected chi connectivity index (χ3v) is 4.99. The predicted molar refractivity (Wildman–Crippen MR) is 107 cm³/mol. The molecule has 2 heterocycles. The molecule has 8 heteroatoms. The Morgan fingerprint density at radius 3 is 2.71 bits per heavy atom. The summed E-state index contributed by atoms with van der Waals surface area (Å²) < 4.78 is 5.06. The number of hydrogen-bond acceptors (Lipinski definition) is 6. The minimum atomic E-state index is -0.382. The SMILES string of the molecule is COc1ncccc1C(=O)NCCN1C(=O)S/C(=C\c2ccc(C)cc2)C1=O. The van der Waals surface area contributed by atoms with Gasteiger partial charge in [-0.2, -0.15) is 0 Å². The number of aromatic nitrogens is 1. The van der Waals surface area contributed by atoms with Gasteiger partial charge >= 0.3 is 0 Å². The molecule has 0 saturated carbocycles. The summed E-state index contributed by atoms with van der Waals surface area (Å²) in [4.78, 5) is 42.4. The standard InChI is InChI=1S/C20H19N3O4S/c1-13-5-7-14(8-6-13)12-16-19(25)23(20(26)28-16)11-10-21-17(24)15-4-3-9-22-18(15)27-2/h3-9,12H,10-11H2,1-2H3,(H,21,24)/b16-12-. The van der Waals surface area contributed by atoms with Crippen LogP contribution in [0.5, 0.6) is 5.88 Å². The number of thioether (sulfide) groups is 1. The molecule has 1 aromatic heterocycles. The van der Waals surface area contributed by atoms with Gasteiger partial charge in [-0.15, -0.1) is 0 Å². The summed E-state index contributed by atoms with van der Waals surface area (Å²) in [6.45, 7) is 2.20. The number of nitrogens with one attached hydrogen (secondary N) is 1. The van der Waals surface area contributed by atoms with Crippen molar-refractivity contribution >= 4 is 34.9 Å². The third kappa shape index (κ3) is 4.40. The van der Waals surface area contributed by atoms with Crippen LogP contribution in [0.1, 0.15) is 21.5 Å². The molecular weight excluding hydrogens is 378 g/mol. The van der Waals surface area contributed by atoms with Crippen molar-refractivity contribution in [3.63, 3.8) is 0 Å². The molecule has 3 rings (SSSR count). The van der Waals surface area contributed by atoms with E-state index < -0.39 is 0 Å². The largest absolute Gasteiger partial charge is 0.480 e. The normalized spacial score (nSPS) is 15.2. The van der Waals surface area contributed by atoms with E-state index in [1.54, 1.807) is 18.2 Å². The first-order valence-electron chi connectivity index (χ1n) is 8.59. The highest BCUT2D eigenvalue weighted by Crippen LogP contribution is 2.31. The molecule has 0 atom stereocenters. The van der Waals surface area contributed by atoms with Crippen LogP contribution < -0.4 is 10.1 Å². The van der Waals surface area contributed by atoms with Crippen molar-refractivity contribution in [2.75, 3.05) is 20.2 Å². The van der Waals surface area contributed by atoms with E-state index >= 15 is 0 Å². The van der Waals surface area contributed by atoms with Crippen molar-refractivity contribution in [3.8, 4) is 5.88 Å². The summed E-state index contributed by atoms with van der Waals surface area (Å²) in [7, 11) is 1.43. The molecule has 1 saturated heterocycles. The number of aryl methyl sites for hydroxylation is 1. The number of ether oxygens (including phenoxy) is 1. The average Bonchev–Trinajstić information content (AvgIpc) is 2.96. The lowest BCUT2D eigenvalue weighted by molar-refractivity contribution is -0.122. The summed E-state index contributed by atoms with van der Waals surface area (Å²) in [6, 6.07) is 10.9. The molecule has 1 aliphatic heterocycles. The van der Waals surface area contributed by atoms with E-state index in [1.807, 2.05) is 31.2 Å². The quantitative estimate of drug-likeness (QED) is 0.754. The van der Waals surface area contributed by atoms with Gasteiger partial charge in [-0.3, -0.25) is 19.3 Å². The van der Waals surface area contributed by atoms with E-state index in [0.29, 0.717) is 10.5 Å². The lowest BCUT2D eigenvalue weighted by atomic mass is 10.1. The smallest absolute Gasteiger partial charge is 0.293 e. The van der Waals surface area contributed by atoms with Gasteiger partial charge < -0.3 is 10.1 Å². The van der Waals surface area contributed by atoms with Crippen LogP contribution in [-0.2, 0) is 4.79 Å². The van der Waals surface area contributed by atoms with Crippen molar-refractivity contribution < 1.29 is 19.1 Å². The van der Waals surface area contributed by atoms with Gasteiger partial charge in [0, 0.05) is 19.3 Å². The summed E-state index contributed by atoms with van der Waals surface area (Å²) in [6.07, 6.45) is 3.22. The highest BCUT2D eigenvalue weighted by atomic mass is 32.2. The van der Waals surface area contributed by atoms with Crippen LogP contribution in [-0.4, -0.2) is 47.1 Å². The second kappa shape index (κ2) is 8.71. The zero-order chi connectivity index (χ0) is 20.1. The minimum absolute atomic E-state index is 0.0875. The van der Waals surface area contributed by atoms with Gasteiger partial charge in [-0.25, -0.2) is 4.98 Å². The lowest BCUT2D eigenvalue weighted by Gasteiger charge is -2.13. The summed E-state index contributed by atoms with van der Waals surface area (Å²) in [5, 5.41) is 2.33. The maximum atomic E-state index is 12.5. The number of carbonyl (C=O) groups is 3. The molecule has 1 fully saturated rings. The number of hydrogen-bond donors (Lipinski definition) is 1. The average molecular weight is 397 g/mol. The van der Waals surface area contributed by atoms with E-state index in [1.165, 1.54) is 13.3 Å². The Labute approximate surface area is 166 Å². The predicted octanol–water partition coefficient (Wildman–Crippen LogP) is 2.86. The lowest BCUT2D eigenvalue weighted by Crippen LogP contribution is -2.37. The highest BCUT2D eigenvalue weighted by molar-refractivity contribution is 8.18. The number of carbonyl (C=O) groups excluding carboxylic acids is 3. The number of amides is 3. The van der Waals surface area contributed by atoms with Crippen molar-refractivity contribution in [1.82, 2.24) is 15.2 Å². The van der Waals surface area contributed by atoms with Crippen LogP contribution in [0.2, 0.25) is 0 Å². The Balaban J connectivity index is 1.60. The van der Waals surface area contributed by atoms with Crippen LogP contribution >= 0.6 is 11.8 Å². The fraction of sp³-hybridized carbons (Fsp3) is 0.200. The number of nitrogens with zero attached hydrogens (tertiary/aromatic N) is 2. The molecule has 0 unspecified atom stereocenters. The van der Waals surface area contributed by atoms with Gasteiger partial charge in [0.1, 0.15) is 5.56 Å². The first-order valence-corrected chi connectivity index (χ1v) is 9.40. The molecule has 1 N–H and O–H groups in total. The number of imide groups is 1. The molecule has 3 amide bonds. The second-order valence-corrected chi connectivity index (χ2v) is 7.05. The van der Waals surface area contributed by atoms with Gasteiger partial charge in [-0.1, -0.05) is 29.8 Å². The zero-order valence-corrected chi connectivity index (χ0v) is 16.3. The molecule has 0 radical (unpaired) electrons. The molecule has 0 aliphatic carbocycles. The molecule has 1 aromatic carbocycles. The van der Waals surface area contributed by atoms with E-state index in [0.717, 1.165) is 27.8 Å². The van der Waals surface area contributed by atoms with E-state index in [4.69, 9.17) is 4.74 Å². The van der Waals surface area contributed by atoms with Crippen molar-refractivity contribution in [1.29, 1.82) is 0 Å². The van der Waals surface area contributed by atoms with Crippen LogP contribution in [0.25, 0.3) is 6.08 Å². The Kier molecular flexibility index (Phi) is 6.10. The van der Waals surface area contributed by atoms with Crippen LogP contribution in [0.15, 0.2) is 47.5 Å². The number of methoxy groups -OCH3 is 1.